The number of fused-ring (bicyclic) bond motifs is 18. The maximum Gasteiger partial charge on any atom is 0.327 e. The van der Waals surface area contributed by atoms with Crippen LogP contribution in [0.25, 0.3) is 0 Å². The van der Waals surface area contributed by atoms with Crippen molar-refractivity contribution in [2.45, 2.75) is 85.7 Å². The topological polar surface area (TPSA) is 245 Å². The Morgan fingerprint density at radius 2 is 1.51 bits per heavy atom. The molecule has 4 bridgehead atoms. The van der Waals surface area contributed by atoms with Crippen molar-refractivity contribution >= 4 is 52.7 Å². The van der Waals surface area contributed by atoms with E-state index < -0.39 is 110 Å². The van der Waals surface area contributed by atoms with Crippen molar-refractivity contribution in [1.29, 1.82) is 0 Å². The van der Waals surface area contributed by atoms with E-state index in [4.69, 9.17) is 0 Å². The van der Waals surface area contributed by atoms with Gasteiger partial charge in [0.1, 0.15) is 17.5 Å². The molecule has 2 amide bonds. The molecule has 59 heavy (non-hydrogen) atoms. The molecule has 7 unspecified atom stereocenters. The number of ketones is 4. The highest BCUT2D eigenvalue weighted by atomic mass is 32.2. The number of aryl methyl sites for hydroxylation is 1. The fraction of sp³-hybridized carbons (Fsp3) is 0.386. The van der Waals surface area contributed by atoms with Crippen LogP contribution < -0.4 is 10.6 Å². The Morgan fingerprint density at radius 1 is 0.847 bits per heavy atom. The standard InChI is InChI=1S/C44H52N2O12S/c1-22-12-10-8-9-11-13-34(51)46-37-41(55)30-19-27(6)40(54)36(35(30)42(56)43(37)59-21-31(44(57)58)45-28(7)47)39(53)26(5)18-25(4)38(52)24(3)15-17-29(48)16-14-23(2)33(50)20-32(22)49/h8-15,17-19,22,24-25,29,31-32,38,48-49,52,54H,16,20-21H2,1-7H3,(H,45,47)(H,46,51)(H,57,58)/b9-8-,12-10-,13-11-,17-15-,23-14-,26-18?. The molecule has 316 valence electrons. The first-order valence-corrected chi connectivity index (χ1v) is 20.0. The number of Topliss-reactive ketones (excluding diaryl/α,β-unsaturated/α-hetero) is 4. The Kier molecular flexibility index (Phi) is 17.5. The molecule has 1 aromatic carbocycles. The zero-order valence-corrected chi connectivity index (χ0v) is 34.8. The minimum absolute atomic E-state index is 0.00628. The molecule has 0 saturated heterocycles. The molecule has 7 N–H and O–H groups in total. The molecule has 0 spiro atoms. The monoisotopic (exact) mass is 832 g/mol. The van der Waals surface area contributed by atoms with Gasteiger partial charge in [0.05, 0.1) is 28.8 Å². The van der Waals surface area contributed by atoms with Crippen LogP contribution in [-0.4, -0.2) is 96.6 Å². The third-order valence-electron chi connectivity index (χ3n) is 9.86. The lowest BCUT2D eigenvalue weighted by atomic mass is 9.83. The van der Waals surface area contributed by atoms with Gasteiger partial charge in [-0.25, -0.2) is 4.79 Å². The van der Waals surface area contributed by atoms with Crippen molar-refractivity contribution in [3.8, 4) is 5.75 Å². The fourth-order valence-electron chi connectivity index (χ4n) is 6.24. The van der Waals surface area contributed by atoms with Crippen molar-refractivity contribution in [3.63, 3.8) is 0 Å². The van der Waals surface area contributed by atoms with Gasteiger partial charge in [0.15, 0.2) is 11.6 Å². The Labute approximate surface area is 347 Å². The van der Waals surface area contributed by atoms with Crippen molar-refractivity contribution in [2.24, 2.45) is 17.8 Å². The number of carboxylic acid groups (broad SMARTS) is 1. The van der Waals surface area contributed by atoms with E-state index in [1.54, 1.807) is 58.1 Å². The second-order valence-electron chi connectivity index (χ2n) is 14.7. The predicted octanol–water partition coefficient (Wildman–Crippen LogP) is 4.38. The second kappa shape index (κ2) is 21.5. The Bertz CT molecular complexity index is 2090. The van der Waals surface area contributed by atoms with Crippen molar-refractivity contribution in [1.82, 2.24) is 10.6 Å². The molecular weight excluding hydrogens is 781 g/mol. The molecular formula is C44H52N2O12S. The molecule has 4 rings (SSSR count). The summed E-state index contributed by atoms with van der Waals surface area (Å²) in [5.41, 5.74) is -1.35. The molecule has 0 radical (unpaired) electrons. The summed E-state index contributed by atoms with van der Waals surface area (Å²) in [5.74, 6) is -8.71. The lowest BCUT2D eigenvalue weighted by molar-refractivity contribution is -0.140. The van der Waals surface area contributed by atoms with E-state index in [1.807, 2.05) is 0 Å². The molecule has 3 aliphatic rings. The van der Waals surface area contributed by atoms with Crippen molar-refractivity contribution in [3.05, 3.63) is 111 Å². The average molecular weight is 833 g/mol. The SMILES string of the molecule is CC(=O)NC(CSC1=C2NC(=O)\C=C/C=C\C=C/C(C)C(O)CC(=O)/C(C)=C\CC(O)/C=C\C(C)C(O)C(C)C=C(C)C(=O)c3c(O)c(C)cc(c3C1=O)C2=O)C(=O)O. The summed E-state index contributed by atoms with van der Waals surface area (Å²) < 4.78 is 0. The lowest BCUT2D eigenvalue weighted by Gasteiger charge is -2.25. The molecule has 2 heterocycles. The van der Waals surface area contributed by atoms with E-state index in [0.717, 1.165) is 13.0 Å². The van der Waals surface area contributed by atoms with Crippen LogP contribution in [0, 0.1) is 24.7 Å². The number of rotatable bonds is 5. The second-order valence-corrected chi connectivity index (χ2v) is 15.8. The molecule has 14 nitrogen and oxygen atoms in total. The Morgan fingerprint density at radius 3 is 2.15 bits per heavy atom. The van der Waals surface area contributed by atoms with E-state index in [2.05, 4.69) is 10.6 Å². The third kappa shape index (κ3) is 12.8. The van der Waals surface area contributed by atoms with E-state index in [1.165, 1.54) is 44.2 Å². The highest BCUT2D eigenvalue weighted by molar-refractivity contribution is 8.04. The van der Waals surface area contributed by atoms with Gasteiger partial charge in [0.25, 0.3) is 0 Å². The Hall–Kier alpha value is -5.48. The number of aliphatic hydroxyl groups is 3. The van der Waals surface area contributed by atoms with Crippen LogP contribution in [0.15, 0.2) is 88.6 Å². The van der Waals surface area contributed by atoms with Crippen LogP contribution >= 0.6 is 11.8 Å². The number of aromatic hydroxyl groups is 1. The van der Waals surface area contributed by atoms with Crippen LogP contribution in [0.1, 0.15) is 91.0 Å². The summed E-state index contributed by atoms with van der Waals surface area (Å²) in [4.78, 5) is 92.0. The van der Waals surface area contributed by atoms with Crippen molar-refractivity contribution < 1.29 is 59.1 Å². The highest BCUT2D eigenvalue weighted by Crippen LogP contribution is 2.40. The van der Waals surface area contributed by atoms with Crippen LogP contribution in [0.5, 0.6) is 5.75 Å². The van der Waals surface area contributed by atoms with E-state index in [9.17, 15) is 59.1 Å². The maximum absolute atomic E-state index is 14.4. The molecule has 1 aliphatic carbocycles. The van der Waals surface area contributed by atoms with Gasteiger partial charge in [0, 0.05) is 54.1 Å². The van der Waals surface area contributed by atoms with E-state index in [0.29, 0.717) is 17.3 Å². The lowest BCUT2D eigenvalue weighted by Crippen LogP contribution is -2.42. The fourth-order valence-corrected chi connectivity index (χ4v) is 7.32. The first-order valence-electron chi connectivity index (χ1n) is 19.0. The Balaban J connectivity index is 2.19. The average Bonchev–Trinajstić information content (AvgIpc) is 3.17. The molecule has 7 atom stereocenters. The minimum atomic E-state index is -1.52. The minimum Gasteiger partial charge on any atom is -0.507 e. The predicted molar refractivity (Wildman–Crippen MR) is 223 cm³/mol. The van der Waals surface area contributed by atoms with E-state index >= 15 is 0 Å². The van der Waals surface area contributed by atoms with Gasteiger partial charge >= 0.3 is 5.97 Å². The normalized spacial score (nSPS) is 27.9. The zero-order chi connectivity index (χ0) is 44.3. The van der Waals surface area contributed by atoms with Crippen LogP contribution in [-0.2, 0) is 19.2 Å². The quantitative estimate of drug-likeness (QED) is 0.204. The van der Waals surface area contributed by atoms with Gasteiger partial charge in [-0.3, -0.25) is 28.8 Å². The van der Waals surface area contributed by atoms with Gasteiger partial charge in [0.2, 0.25) is 23.4 Å². The molecule has 1 aromatic rings. The maximum atomic E-state index is 14.4. The number of nitrogens with one attached hydrogen (secondary N) is 2. The van der Waals surface area contributed by atoms with E-state index in [-0.39, 0.29) is 35.3 Å². The third-order valence-corrected chi connectivity index (χ3v) is 11.0. The summed E-state index contributed by atoms with van der Waals surface area (Å²) >= 11 is 0.556. The number of benzene rings is 1. The highest BCUT2D eigenvalue weighted by Gasteiger charge is 2.39. The van der Waals surface area contributed by atoms with Gasteiger partial charge in [-0.15, -0.1) is 11.8 Å². The van der Waals surface area contributed by atoms with Gasteiger partial charge < -0.3 is 36.2 Å². The molecule has 0 aromatic heterocycles. The molecule has 0 fully saturated rings. The number of carboxylic acids is 1. The zero-order valence-electron chi connectivity index (χ0n) is 34.0. The molecule has 0 saturated carbocycles. The number of amides is 2. The first-order chi connectivity index (χ1) is 27.7. The number of allylic oxidation sites excluding steroid dienone is 8. The largest absolute Gasteiger partial charge is 0.507 e. The number of hydrogen-bond donors (Lipinski definition) is 7. The van der Waals surface area contributed by atoms with Gasteiger partial charge in [-0.2, -0.15) is 0 Å². The smallest absolute Gasteiger partial charge is 0.327 e. The summed E-state index contributed by atoms with van der Waals surface area (Å²) in [5, 5.41) is 58.0. The van der Waals surface area contributed by atoms with Crippen LogP contribution in [0.2, 0.25) is 0 Å². The number of aliphatic carboxylic acids is 1. The van der Waals surface area contributed by atoms with Gasteiger partial charge in [-0.05, 0) is 50.0 Å². The van der Waals surface area contributed by atoms with Crippen molar-refractivity contribution in [2.75, 3.05) is 5.75 Å². The van der Waals surface area contributed by atoms with Crippen LogP contribution in [0.4, 0.5) is 0 Å². The number of phenols is 1. The summed E-state index contributed by atoms with van der Waals surface area (Å²) in [7, 11) is 0. The summed E-state index contributed by atoms with van der Waals surface area (Å²) in [6, 6.07) is -0.315. The molecule has 15 heteroatoms. The first kappa shape index (κ1) is 47.9. The number of carbonyl (C=O) groups excluding carboxylic acids is 6. The number of phenolic OH excluding ortho intramolecular Hbond substituents is 1. The molecule has 2 aliphatic heterocycles. The number of aliphatic hydroxyl groups excluding tert-OH is 3. The summed E-state index contributed by atoms with van der Waals surface area (Å²) in [6.07, 6.45) is 11.6. The number of thioether (sulfide) groups is 1. The number of hydrogen-bond acceptors (Lipinski definition) is 12. The van der Waals surface area contributed by atoms with Gasteiger partial charge in [-0.1, -0.05) is 75.5 Å². The van der Waals surface area contributed by atoms with Crippen LogP contribution in [0.3, 0.4) is 0 Å². The summed E-state index contributed by atoms with van der Waals surface area (Å²) in [6.45, 7) is 10.6. The number of carbonyl (C=O) groups is 7.